The summed E-state index contributed by atoms with van der Waals surface area (Å²) in [5.41, 5.74) is 2.49. The summed E-state index contributed by atoms with van der Waals surface area (Å²) in [4.78, 5) is 33.4. The van der Waals surface area contributed by atoms with Gasteiger partial charge in [0, 0.05) is 18.7 Å². The van der Waals surface area contributed by atoms with Gasteiger partial charge in [-0.15, -0.1) is 0 Å². The van der Waals surface area contributed by atoms with E-state index in [2.05, 4.69) is 15.3 Å². The number of H-pyrrole nitrogens is 1. The molecule has 26 heavy (non-hydrogen) atoms. The van der Waals surface area contributed by atoms with Crippen molar-refractivity contribution in [1.29, 1.82) is 0 Å². The van der Waals surface area contributed by atoms with Crippen molar-refractivity contribution < 1.29 is 4.79 Å². The summed E-state index contributed by atoms with van der Waals surface area (Å²) in [5, 5.41) is 3.46. The second-order valence-electron chi connectivity index (χ2n) is 6.43. The summed E-state index contributed by atoms with van der Waals surface area (Å²) in [6.07, 6.45) is 0.564. The minimum Gasteiger partial charge on any atom is -0.325 e. The fourth-order valence-electron chi connectivity index (χ4n) is 2.71. The van der Waals surface area contributed by atoms with Crippen LogP contribution in [0, 0.1) is 6.92 Å². The first-order chi connectivity index (χ1) is 12.5. The molecule has 0 radical (unpaired) electrons. The van der Waals surface area contributed by atoms with Crippen LogP contribution in [-0.2, 0) is 11.2 Å². The predicted octanol–water partition coefficient (Wildman–Crippen LogP) is 2.34. The number of aromatic nitrogens is 2. The standard InChI is InChI=1S/C20H22N4O2/c1-14-7-9-15(10-8-14)21-19(25)13-24(2)12-11-18-22-17-6-4-3-5-16(17)20(26)23-18/h3-10H,11-13H2,1-2H3,(H,21,25)(H,22,23,26). The summed E-state index contributed by atoms with van der Waals surface area (Å²) in [6, 6.07) is 15.0. The number of hydrogen-bond acceptors (Lipinski definition) is 4. The minimum absolute atomic E-state index is 0.0729. The van der Waals surface area contributed by atoms with E-state index in [1.165, 1.54) is 0 Å². The molecule has 0 spiro atoms. The van der Waals surface area contributed by atoms with Crippen LogP contribution in [0.4, 0.5) is 5.69 Å². The summed E-state index contributed by atoms with van der Waals surface area (Å²) in [5.74, 6) is 0.552. The number of nitrogens with zero attached hydrogens (tertiary/aromatic N) is 2. The lowest BCUT2D eigenvalue weighted by Crippen LogP contribution is -2.32. The van der Waals surface area contributed by atoms with Crippen LogP contribution in [0.25, 0.3) is 10.9 Å². The average molecular weight is 350 g/mol. The van der Waals surface area contributed by atoms with Crippen LogP contribution in [0.5, 0.6) is 0 Å². The molecule has 0 atom stereocenters. The van der Waals surface area contributed by atoms with Crippen LogP contribution in [0.2, 0.25) is 0 Å². The molecule has 6 heteroatoms. The molecule has 2 N–H and O–H groups in total. The Balaban J connectivity index is 1.55. The van der Waals surface area contributed by atoms with Gasteiger partial charge in [-0.1, -0.05) is 29.8 Å². The Bertz CT molecular complexity index is 963. The second-order valence-corrected chi connectivity index (χ2v) is 6.43. The number of rotatable bonds is 6. The van der Waals surface area contributed by atoms with Crippen molar-refractivity contribution in [2.24, 2.45) is 0 Å². The van der Waals surface area contributed by atoms with Gasteiger partial charge in [0.15, 0.2) is 0 Å². The number of hydrogen-bond donors (Lipinski definition) is 2. The van der Waals surface area contributed by atoms with E-state index in [0.717, 1.165) is 11.3 Å². The van der Waals surface area contributed by atoms with Gasteiger partial charge in [-0.3, -0.25) is 14.5 Å². The largest absolute Gasteiger partial charge is 0.325 e. The Morgan fingerprint density at radius 2 is 1.88 bits per heavy atom. The summed E-state index contributed by atoms with van der Waals surface area (Å²) < 4.78 is 0. The third kappa shape index (κ3) is 4.55. The van der Waals surface area contributed by atoms with Crippen LogP contribution in [0.3, 0.4) is 0 Å². The molecule has 134 valence electrons. The van der Waals surface area contributed by atoms with Crippen LogP contribution in [0.15, 0.2) is 53.3 Å². The van der Waals surface area contributed by atoms with Gasteiger partial charge in [-0.05, 0) is 38.2 Å². The lowest BCUT2D eigenvalue weighted by atomic mass is 10.2. The number of amides is 1. The molecule has 3 rings (SSSR count). The highest BCUT2D eigenvalue weighted by Crippen LogP contribution is 2.09. The lowest BCUT2D eigenvalue weighted by molar-refractivity contribution is -0.117. The fourth-order valence-corrected chi connectivity index (χ4v) is 2.71. The maximum absolute atomic E-state index is 12.1. The molecule has 1 heterocycles. The van der Waals surface area contributed by atoms with Gasteiger partial charge < -0.3 is 10.3 Å². The second kappa shape index (κ2) is 7.93. The van der Waals surface area contributed by atoms with Gasteiger partial charge in [-0.2, -0.15) is 0 Å². The Morgan fingerprint density at radius 3 is 2.65 bits per heavy atom. The number of carbonyl (C=O) groups is 1. The number of anilines is 1. The first-order valence-corrected chi connectivity index (χ1v) is 8.54. The fraction of sp³-hybridized carbons (Fsp3) is 0.250. The maximum atomic E-state index is 12.1. The first-order valence-electron chi connectivity index (χ1n) is 8.54. The molecule has 0 aliphatic rings. The Hall–Kier alpha value is -2.99. The zero-order valence-corrected chi connectivity index (χ0v) is 15.0. The van der Waals surface area contributed by atoms with Crippen molar-refractivity contribution in [3.63, 3.8) is 0 Å². The highest BCUT2D eigenvalue weighted by Gasteiger charge is 2.09. The van der Waals surface area contributed by atoms with E-state index in [0.29, 0.717) is 29.7 Å². The molecule has 0 saturated heterocycles. The van der Waals surface area contributed by atoms with Crippen molar-refractivity contribution in [1.82, 2.24) is 14.9 Å². The zero-order chi connectivity index (χ0) is 18.5. The van der Waals surface area contributed by atoms with Crippen molar-refractivity contribution in [3.8, 4) is 0 Å². The van der Waals surface area contributed by atoms with E-state index in [9.17, 15) is 9.59 Å². The van der Waals surface area contributed by atoms with Crippen LogP contribution >= 0.6 is 0 Å². The third-order valence-electron chi connectivity index (χ3n) is 4.14. The highest BCUT2D eigenvalue weighted by atomic mass is 16.2. The Labute approximate surface area is 151 Å². The SMILES string of the molecule is Cc1ccc(NC(=O)CN(C)CCc2nc3ccccc3c(=O)[nH]2)cc1. The van der Waals surface area contributed by atoms with Gasteiger partial charge in [0.2, 0.25) is 5.91 Å². The summed E-state index contributed by atoms with van der Waals surface area (Å²) in [6.45, 7) is 2.89. The topological polar surface area (TPSA) is 78.1 Å². The number of fused-ring (bicyclic) bond motifs is 1. The number of carbonyl (C=O) groups excluding carboxylic acids is 1. The minimum atomic E-state index is -0.134. The third-order valence-corrected chi connectivity index (χ3v) is 4.14. The van der Waals surface area contributed by atoms with E-state index in [4.69, 9.17) is 0 Å². The number of aryl methyl sites for hydroxylation is 1. The van der Waals surface area contributed by atoms with E-state index < -0.39 is 0 Å². The molecule has 0 saturated carbocycles. The van der Waals surface area contributed by atoms with Gasteiger partial charge in [0.05, 0.1) is 17.4 Å². The molecule has 1 amide bonds. The number of likely N-dealkylation sites (N-methyl/N-ethyl adjacent to an activating group) is 1. The van der Waals surface area contributed by atoms with Crippen molar-refractivity contribution >= 4 is 22.5 Å². The molecule has 3 aromatic rings. The van der Waals surface area contributed by atoms with E-state index in [-0.39, 0.29) is 18.0 Å². The quantitative estimate of drug-likeness (QED) is 0.715. The van der Waals surface area contributed by atoms with Crippen LogP contribution in [-0.4, -0.2) is 40.9 Å². The Morgan fingerprint density at radius 1 is 1.15 bits per heavy atom. The molecule has 0 aliphatic heterocycles. The molecular weight excluding hydrogens is 328 g/mol. The molecule has 0 unspecified atom stereocenters. The molecule has 2 aromatic carbocycles. The van der Waals surface area contributed by atoms with Crippen molar-refractivity contribution in [2.75, 3.05) is 25.5 Å². The summed E-state index contributed by atoms with van der Waals surface area (Å²) in [7, 11) is 1.87. The van der Waals surface area contributed by atoms with E-state index in [1.807, 2.05) is 61.3 Å². The first kappa shape index (κ1) is 17.8. The molecule has 1 aromatic heterocycles. The molecule has 0 bridgehead atoms. The molecular formula is C20H22N4O2. The number of aromatic amines is 1. The van der Waals surface area contributed by atoms with E-state index in [1.54, 1.807) is 6.07 Å². The normalized spacial score (nSPS) is 11.0. The van der Waals surface area contributed by atoms with Crippen molar-refractivity contribution in [2.45, 2.75) is 13.3 Å². The summed E-state index contributed by atoms with van der Waals surface area (Å²) >= 11 is 0. The predicted molar refractivity (Wildman–Crippen MR) is 103 cm³/mol. The lowest BCUT2D eigenvalue weighted by Gasteiger charge is -2.16. The van der Waals surface area contributed by atoms with Crippen LogP contribution < -0.4 is 10.9 Å². The van der Waals surface area contributed by atoms with Crippen molar-refractivity contribution in [3.05, 3.63) is 70.3 Å². The number of para-hydroxylation sites is 1. The molecule has 0 fully saturated rings. The highest BCUT2D eigenvalue weighted by molar-refractivity contribution is 5.92. The number of nitrogens with one attached hydrogen (secondary N) is 2. The maximum Gasteiger partial charge on any atom is 0.258 e. The monoisotopic (exact) mass is 350 g/mol. The van der Waals surface area contributed by atoms with Gasteiger partial charge in [-0.25, -0.2) is 4.98 Å². The molecule has 6 nitrogen and oxygen atoms in total. The molecule has 0 aliphatic carbocycles. The van der Waals surface area contributed by atoms with E-state index >= 15 is 0 Å². The van der Waals surface area contributed by atoms with Gasteiger partial charge in [0.25, 0.3) is 5.56 Å². The van der Waals surface area contributed by atoms with Crippen LogP contribution in [0.1, 0.15) is 11.4 Å². The zero-order valence-electron chi connectivity index (χ0n) is 15.0. The van der Waals surface area contributed by atoms with Gasteiger partial charge in [0.1, 0.15) is 5.82 Å². The average Bonchev–Trinajstić information content (AvgIpc) is 2.62. The smallest absolute Gasteiger partial charge is 0.258 e. The van der Waals surface area contributed by atoms with Gasteiger partial charge >= 0.3 is 0 Å². The Kier molecular flexibility index (Phi) is 5.43. The number of benzene rings is 2.